The van der Waals surface area contributed by atoms with Crippen LogP contribution in [-0.4, -0.2) is 43.5 Å². The summed E-state index contributed by atoms with van der Waals surface area (Å²) in [5.41, 5.74) is 11.7. The number of hydrogen-bond donors (Lipinski definition) is 3. The van der Waals surface area contributed by atoms with Crippen LogP contribution in [0.2, 0.25) is 0 Å². The molecule has 24 heavy (non-hydrogen) atoms. The Labute approximate surface area is 145 Å². The number of hydrogen-bond acceptors (Lipinski definition) is 7. The fourth-order valence-corrected chi connectivity index (χ4v) is 3.99. The molecule has 136 valence electrons. The summed E-state index contributed by atoms with van der Waals surface area (Å²) in [4.78, 5) is 14.9. The van der Waals surface area contributed by atoms with E-state index in [1.54, 1.807) is 0 Å². The normalized spacial score (nSPS) is 20.4. The van der Waals surface area contributed by atoms with Crippen molar-refractivity contribution in [2.75, 3.05) is 18.0 Å². The Morgan fingerprint density at radius 1 is 1.04 bits per heavy atom. The highest BCUT2D eigenvalue weighted by Crippen LogP contribution is 2.32. The molecule has 0 unspecified atom stereocenters. The van der Waals surface area contributed by atoms with Crippen molar-refractivity contribution in [2.24, 2.45) is 0 Å². The number of anilines is 2. The summed E-state index contributed by atoms with van der Waals surface area (Å²) in [6, 6.07) is 0.474. The molecule has 1 aromatic rings. The van der Waals surface area contributed by atoms with Crippen molar-refractivity contribution in [1.29, 1.82) is 0 Å². The van der Waals surface area contributed by atoms with Gasteiger partial charge in [-0.1, -0.05) is 13.3 Å². The lowest BCUT2D eigenvalue weighted by Crippen LogP contribution is -2.62. The van der Waals surface area contributed by atoms with E-state index in [4.69, 9.17) is 11.5 Å². The average Bonchev–Trinajstić information content (AvgIpc) is 2.38. The SMILES string of the molecule is CCCCN(Cc1nc(N)nc(N)n1)C1CC(C)(C)NC(C)(C)C1. The molecule has 5 N–H and O–H groups in total. The molecule has 1 saturated heterocycles. The van der Waals surface area contributed by atoms with Gasteiger partial charge in [-0.05, 0) is 53.5 Å². The third-order valence-electron chi connectivity index (χ3n) is 4.54. The van der Waals surface area contributed by atoms with Crippen LogP contribution in [0.4, 0.5) is 11.9 Å². The predicted octanol–water partition coefficient (Wildman–Crippen LogP) is 1.95. The Morgan fingerprint density at radius 2 is 1.58 bits per heavy atom. The molecule has 7 nitrogen and oxygen atoms in total. The minimum Gasteiger partial charge on any atom is -0.368 e. The second-order valence-electron chi connectivity index (χ2n) is 8.25. The van der Waals surface area contributed by atoms with Crippen LogP contribution in [0.1, 0.15) is 66.1 Å². The topological polar surface area (TPSA) is 106 Å². The van der Waals surface area contributed by atoms with Gasteiger partial charge in [0.15, 0.2) is 0 Å². The number of nitrogen functional groups attached to an aromatic ring is 2. The Kier molecular flexibility index (Phi) is 5.65. The molecule has 0 amide bonds. The van der Waals surface area contributed by atoms with Crippen LogP contribution in [0.25, 0.3) is 0 Å². The van der Waals surface area contributed by atoms with Crippen molar-refractivity contribution in [3.8, 4) is 0 Å². The number of nitrogens with one attached hydrogen (secondary N) is 1. The first-order chi connectivity index (χ1) is 11.1. The standard InChI is InChI=1S/C17H33N7/c1-6-7-8-24(11-13-20-14(18)22-15(19)21-13)12-9-16(2,3)23-17(4,5)10-12/h12,23H,6-11H2,1-5H3,(H4,18,19,20,21,22). The molecular formula is C17H33N7. The monoisotopic (exact) mass is 335 g/mol. The van der Waals surface area contributed by atoms with E-state index in [1.165, 1.54) is 0 Å². The first-order valence-electron chi connectivity index (χ1n) is 8.89. The Balaban J connectivity index is 2.20. The highest BCUT2D eigenvalue weighted by Gasteiger charge is 2.39. The van der Waals surface area contributed by atoms with Crippen LogP contribution in [0.3, 0.4) is 0 Å². The van der Waals surface area contributed by atoms with E-state index in [1.807, 2.05) is 0 Å². The van der Waals surface area contributed by atoms with Gasteiger partial charge in [-0.2, -0.15) is 15.0 Å². The van der Waals surface area contributed by atoms with Gasteiger partial charge < -0.3 is 16.8 Å². The summed E-state index contributed by atoms with van der Waals surface area (Å²) in [6.45, 7) is 13.0. The average molecular weight is 336 g/mol. The number of unbranched alkanes of at least 4 members (excludes halogenated alkanes) is 1. The molecule has 0 bridgehead atoms. The maximum Gasteiger partial charge on any atom is 0.225 e. The molecule has 2 heterocycles. The lowest BCUT2D eigenvalue weighted by Gasteiger charge is -2.49. The van der Waals surface area contributed by atoms with Crippen LogP contribution in [0, 0.1) is 0 Å². The van der Waals surface area contributed by atoms with E-state index in [0.29, 0.717) is 18.4 Å². The van der Waals surface area contributed by atoms with E-state index in [0.717, 1.165) is 32.2 Å². The number of aromatic nitrogens is 3. The zero-order chi connectivity index (χ0) is 18.0. The van der Waals surface area contributed by atoms with Gasteiger partial charge in [0.25, 0.3) is 0 Å². The molecule has 0 atom stereocenters. The zero-order valence-corrected chi connectivity index (χ0v) is 15.8. The maximum atomic E-state index is 5.73. The summed E-state index contributed by atoms with van der Waals surface area (Å²) in [5.74, 6) is 1.04. The molecule has 2 rings (SSSR count). The number of piperidine rings is 1. The quantitative estimate of drug-likeness (QED) is 0.729. The third kappa shape index (κ3) is 5.27. The van der Waals surface area contributed by atoms with Gasteiger partial charge in [0.05, 0.1) is 6.54 Å². The van der Waals surface area contributed by atoms with E-state index in [2.05, 4.69) is 59.8 Å². The summed E-state index contributed by atoms with van der Waals surface area (Å²) in [6.07, 6.45) is 4.50. The Bertz CT molecular complexity index is 520. The number of rotatable bonds is 6. The molecule has 1 fully saturated rings. The van der Waals surface area contributed by atoms with Crippen molar-refractivity contribution in [2.45, 2.75) is 84.0 Å². The Morgan fingerprint density at radius 3 is 2.08 bits per heavy atom. The summed E-state index contributed by atoms with van der Waals surface area (Å²) < 4.78 is 0. The fraction of sp³-hybridized carbons (Fsp3) is 0.824. The lowest BCUT2D eigenvalue weighted by molar-refractivity contribution is 0.0588. The molecule has 0 saturated carbocycles. The van der Waals surface area contributed by atoms with Crippen LogP contribution >= 0.6 is 0 Å². The van der Waals surface area contributed by atoms with Gasteiger partial charge in [0, 0.05) is 17.1 Å². The van der Waals surface area contributed by atoms with E-state index in [-0.39, 0.29) is 23.0 Å². The minimum atomic E-state index is 0.105. The summed E-state index contributed by atoms with van der Waals surface area (Å²) in [5, 5.41) is 3.75. The maximum absolute atomic E-state index is 5.73. The lowest BCUT2D eigenvalue weighted by atomic mass is 9.79. The van der Waals surface area contributed by atoms with Crippen molar-refractivity contribution < 1.29 is 0 Å². The van der Waals surface area contributed by atoms with Gasteiger partial charge in [-0.15, -0.1) is 0 Å². The molecular weight excluding hydrogens is 302 g/mol. The van der Waals surface area contributed by atoms with E-state index >= 15 is 0 Å². The van der Waals surface area contributed by atoms with Crippen LogP contribution in [0.15, 0.2) is 0 Å². The fourth-order valence-electron chi connectivity index (χ4n) is 3.99. The largest absolute Gasteiger partial charge is 0.368 e. The van der Waals surface area contributed by atoms with Crippen molar-refractivity contribution in [3.05, 3.63) is 5.82 Å². The summed E-state index contributed by atoms with van der Waals surface area (Å²) in [7, 11) is 0. The second-order valence-corrected chi connectivity index (χ2v) is 8.25. The molecule has 0 radical (unpaired) electrons. The summed E-state index contributed by atoms with van der Waals surface area (Å²) >= 11 is 0. The number of nitrogens with zero attached hydrogens (tertiary/aromatic N) is 4. The second kappa shape index (κ2) is 7.19. The van der Waals surface area contributed by atoms with Crippen molar-refractivity contribution >= 4 is 11.9 Å². The molecule has 0 aromatic carbocycles. The van der Waals surface area contributed by atoms with E-state index < -0.39 is 0 Å². The highest BCUT2D eigenvalue weighted by atomic mass is 15.2. The first-order valence-corrected chi connectivity index (χ1v) is 8.89. The van der Waals surface area contributed by atoms with Gasteiger partial charge in [-0.3, -0.25) is 4.90 Å². The molecule has 7 heteroatoms. The predicted molar refractivity (Wildman–Crippen MR) is 98.3 cm³/mol. The van der Waals surface area contributed by atoms with Crippen LogP contribution in [0.5, 0.6) is 0 Å². The highest BCUT2D eigenvalue weighted by molar-refractivity contribution is 5.25. The molecule has 1 aliphatic heterocycles. The number of nitrogens with two attached hydrogens (primary N) is 2. The smallest absolute Gasteiger partial charge is 0.225 e. The van der Waals surface area contributed by atoms with Crippen LogP contribution in [-0.2, 0) is 6.54 Å². The molecule has 0 aliphatic carbocycles. The molecule has 0 spiro atoms. The van der Waals surface area contributed by atoms with Gasteiger partial charge in [0.2, 0.25) is 11.9 Å². The van der Waals surface area contributed by atoms with Crippen LogP contribution < -0.4 is 16.8 Å². The van der Waals surface area contributed by atoms with Crippen molar-refractivity contribution in [3.63, 3.8) is 0 Å². The first kappa shape index (κ1) is 18.9. The van der Waals surface area contributed by atoms with Gasteiger partial charge in [0.1, 0.15) is 5.82 Å². The minimum absolute atomic E-state index is 0.105. The van der Waals surface area contributed by atoms with Gasteiger partial charge >= 0.3 is 0 Å². The third-order valence-corrected chi connectivity index (χ3v) is 4.54. The van der Waals surface area contributed by atoms with Crippen molar-refractivity contribution in [1.82, 2.24) is 25.2 Å². The zero-order valence-electron chi connectivity index (χ0n) is 15.8. The Hall–Kier alpha value is -1.47. The molecule has 1 aliphatic rings. The van der Waals surface area contributed by atoms with E-state index in [9.17, 15) is 0 Å². The molecule has 1 aromatic heterocycles. The van der Waals surface area contributed by atoms with Gasteiger partial charge in [-0.25, -0.2) is 0 Å².